The van der Waals surface area contributed by atoms with E-state index in [2.05, 4.69) is 4.72 Å². The maximum absolute atomic E-state index is 11.9. The number of carboxylic acid groups (broad SMARTS) is 1. The zero-order chi connectivity index (χ0) is 21.2. The molecule has 0 aromatic heterocycles. The van der Waals surface area contributed by atoms with Crippen molar-refractivity contribution in [2.75, 3.05) is 17.9 Å². The Hall–Kier alpha value is -2.51. The van der Waals surface area contributed by atoms with Crippen molar-refractivity contribution < 1.29 is 23.1 Å². The number of carbonyl (C=O) groups is 1. The summed E-state index contributed by atoms with van der Waals surface area (Å²) < 4.78 is 30.7. The molecule has 1 atom stereocenters. The lowest BCUT2D eigenvalue weighted by Crippen LogP contribution is -2.64. The monoisotopic (exact) mass is 410 g/mol. The van der Waals surface area contributed by atoms with E-state index in [4.69, 9.17) is 9.88 Å². The molecule has 0 saturated carbocycles. The van der Waals surface area contributed by atoms with Crippen molar-refractivity contribution in [2.24, 2.45) is 10.6 Å². The predicted octanol–water partition coefficient (Wildman–Crippen LogP) is 2.50. The van der Waals surface area contributed by atoms with Gasteiger partial charge < -0.3 is 9.84 Å². The van der Waals surface area contributed by atoms with Crippen molar-refractivity contribution in [1.82, 2.24) is 4.90 Å². The first-order valence-electron chi connectivity index (χ1n) is 8.88. The minimum absolute atomic E-state index is 0.00560. The highest BCUT2D eigenvalue weighted by molar-refractivity contribution is 7.90. The summed E-state index contributed by atoms with van der Waals surface area (Å²) in [6.07, 6.45) is 1.26. The number of rotatable bonds is 5. The summed E-state index contributed by atoms with van der Waals surface area (Å²) in [5, 5.41) is 24.2. The fourth-order valence-corrected chi connectivity index (χ4v) is 4.14. The molecule has 2 rings (SSSR count). The van der Waals surface area contributed by atoms with E-state index in [1.54, 1.807) is 0 Å². The molecule has 0 aliphatic carbocycles. The Morgan fingerprint density at radius 1 is 1.43 bits per heavy atom. The van der Waals surface area contributed by atoms with Crippen LogP contribution in [0.2, 0.25) is 0 Å². The number of anilines is 1. The first kappa shape index (κ1) is 21.8. The van der Waals surface area contributed by atoms with Crippen LogP contribution in [0.1, 0.15) is 45.6 Å². The average molecular weight is 410 g/mol. The summed E-state index contributed by atoms with van der Waals surface area (Å²) in [5.74, 6) is 0.163. The Balaban J connectivity index is 2.40. The summed E-state index contributed by atoms with van der Waals surface area (Å²) in [5.41, 5.74) is -1.22. The van der Waals surface area contributed by atoms with Gasteiger partial charge in [-0.15, -0.1) is 0 Å². The molecule has 0 spiro atoms. The minimum Gasteiger partial charge on any atom is -0.490 e. The normalized spacial score (nSPS) is 20.3. The van der Waals surface area contributed by atoms with Crippen molar-refractivity contribution >= 4 is 22.0 Å². The van der Waals surface area contributed by atoms with E-state index in [-0.39, 0.29) is 23.6 Å². The van der Waals surface area contributed by atoms with Crippen molar-refractivity contribution in [2.45, 2.75) is 45.6 Å². The maximum Gasteiger partial charge on any atom is 0.407 e. The van der Waals surface area contributed by atoms with Crippen molar-refractivity contribution in [3.8, 4) is 11.8 Å². The molecule has 154 valence electrons. The molecule has 1 fully saturated rings. The number of hydrogen-bond donors (Lipinski definition) is 3. The van der Waals surface area contributed by atoms with Gasteiger partial charge in [0.15, 0.2) is 0 Å². The number of piperidine rings is 1. The second kappa shape index (κ2) is 7.85. The van der Waals surface area contributed by atoms with Crippen LogP contribution in [0.4, 0.5) is 10.5 Å². The van der Waals surface area contributed by atoms with E-state index >= 15 is 0 Å². The lowest BCUT2D eigenvalue weighted by atomic mass is 9.68. The molecule has 1 aromatic rings. The van der Waals surface area contributed by atoms with Crippen molar-refractivity contribution in [3.05, 3.63) is 23.8 Å². The largest absolute Gasteiger partial charge is 0.490 e. The van der Waals surface area contributed by atoms with Gasteiger partial charge in [-0.3, -0.25) is 9.62 Å². The molecule has 1 saturated heterocycles. The van der Waals surface area contributed by atoms with Crippen LogP contribution in [0.25, 0.3) is 0 Å². The molecule has 1 amide bonds. The van der Waals surface area contributed by atoms with Crippen LogP contribution in [0.5, 0.6) is 5.75 Å². The lowest BCUT2D eigenvalue weighted by Gasteiger charge is -2.53. The van der Waals surface area contributed by atoms with E-state index in [1.807, 2.05) is 26.8 Å². The Labute approximate surface area is 165 Å². The molecule has 0 bridgehead atoms. The number of benzene rings is 1. The van der Waals surface area contributed by atoms with Gasteiger partial charge in [-0.05, 0) is 36.8 Å². The zero-order valence-corrected chi connectivity index (χ0v) is 17.0. The van der Waals surface area contributed by atoms with Gasteiger partial charge in [0.25, 0.3) is 10.2 Å². The van der Waals surface area contributed by atoms with Gasteiger partial charge in [-0.2, -0.15) is 13.7 Å². The van der Waals surface area contributed by atoms with Crippen LogP contribution in [0, 0.1) is 16.7 Å². The molecule has 1 aliphatic heterocycles. The third-order valence-electron chi connectivity index (χ3n) is 5.22. The first-order valence-corrected chi connectivity index (χ1v) is 10.4. The number of nitrogens with one attached hydrogen (secondary N) is 1. The molecule has 1 unspecified atom stereocenters. The fraction of sp³-hybridized carbons (Fsp3) is 0.556. The van der Waals surface area contributed by atoms with Crippen LogP contribution >= 0.6 is 0 Å². The summed E-state index contributed by atoms with van der Waals surface area (Å²) in [4.78, 5) is 13.3. The van der Waals surface area contributed by atoms with Gasteiger partial charge in [0.1, 0.15) is 24.0 Å². The highest BCUT2D eigenvalue weighted by atomic mass is 32.2. The quantitative estimate of drug-likeness (QED) is 0.680. The number of hydrogen-bond acceptors (Lipinski definition) is 5. The van der Waals surface area contributed by atoms with Crippen molar-refractivity contribution in [1.29, 1.82) is 5.26 Å². The number of likely N-dealkylation sites (tertiary alicyclic amines) is 1. The molecule has 0 radical (unpaired) electrons. The van der Waals surface area contributed by atoms with Crippen LogP contribution in [-0.4, -0.2) is 43.2 Å². The van der Waals surface area contributed by atoms with E-state index in [1.165, 1.54) is 23.1 Å². The highest BCUT2D eigenvalue weighted by Gasteiger charge is 2.51. The van der Waals surface area contributed by atoms with Gasteiger partial charge in [-0.1, -0.05) is 26.8 Å². The Bertz CT molecular complexity index is 888. The number of nitrogens with zero attached hydrogens (tertiary/aromatic N) is 2. The zero-order valence-electron chi connectivity index (χ0n) is 16.2. The van der Waals surface area contributed by atoms with Gasteiger partial charge >= 0.3 is 6.09 Å². The van der Waals surface area contributed by atoms with E-state index in [9.17, 15) is 23.6 Å². The van der Waals surface area contributed by atoms with Crippen LogP contribution in [0.15, 0.2) is 18.2 Å². The van der Waals surface area contributed by atoms with Gasteiger partial charge in [0.2, 0.25) is 0 Å². The average Bonchev–Trinajstić information content (AvgIpc) is 2.57. The topological polar surface area (TPSA) is 146 Å². The number of nitrogens with two attached hydrogens (primary N) is 1. The second-order valence-corrected chi connectivity index (χ2v) is 9.19. The third kappa shape index (κ3) is 4.48. The third-order valence-corrected chi connectivity index (χ3v) is 5.73. The maximum atomic E-state index is 11.9. The van der Waals surface area contributed by atoms with E-state index in [0.717, 1.165) is 12.8 Å². The van der Waals surface area contributed by atoms with E-state index < -0.39 is 27.3 Å². The molecule has 9 nitrogen and oxygen atoms in total. The molecule has 1 aromatic carbocycles. The fourth-order valence-electron chi connectivity index (χ4n) is 3.66. The second-order valence-electron chi connectivity index (χ2n) is 7.90. The highest BCUT2D eigenvalue weighted by Crippen LogP contribution is 2.43. The Morgan fingerprint density at radius 2 is 2.11 bits per heavy atom. The standard InChI is InChI=1S/C18H26N4O5S/c1-17(2,3)18(9-4-5-10-22(18)16(23)24)12-27-15-8-6-7-14(13(15)11-19)21-28(20,25)26/h6-8,21H,4-5,9-10,12H2,1-3H3,(H,23,24)(H2,20,25,26). The number of amides is 1. The molecule has 10 heteroatoms. The van der Waals surface area contributed by atoms with E-state index in [0.29, 0.717) is 13.0 Å². The van der Waals surface area contributed by atoms with Crippen LogP contribution < -0.4 is 14.6 Å². The molecule has 4 N–H and O–H groups in total. The Morgan fingerprint density at radius 3 is 2.64 bits per heavy atom. The van der Waals surface area contributed by atoms with Crippen LogP contribution in [-0.2, 0) is 10.2 Å². The molecule has 1 aliphatic rings. The molecular weight excluding hydrogens is 384 g/mol. The SMILES string of the molecule is CC(C)(C)C1(COc2cccc(NS(N)(=O)=O)c2C#N)CCCCN1C(=O)O. The van der Waals surface area contributed by atoms with Gasteiger partial charge in [0, 0.05) is 6.54 Å². The van der Waals surface area contributed by atoms with Gasteiger partial charge in [0.05, 0.1) is 11.2 Å². The summed E-state index contributed by atoms with van der Waals surface area (Å²) >= 11 is 0. The minimum atomic E-state index is -4.06. The first-order chi connectivity index (χ1) is 12.9. The molecule has 1 heterocycles. The van der Waals surface area contributed by atoms with Crippen LogP contribution in [0.3, 0.4) is 0 Å². The number of nitriles is 1. The van der Waals surface area contributed by atoms with Crippen molar-refractivity contribution in [3.63, 3.8) is 0 Å². The lowest BCUT2D eigenvalue weighted by molar-refractivity contribution is -0.0525. The van der Waals surface area contributed by atoms with Gasteiger partial charge in [-0.25, -0.2) is 9.93 Å². The summed E-state index contributed by atoms with van der Waals surface area (Å²) in [7, 11) is -4.06. The molecular formula is C18H26N4O5S. The summed E-state index contributed by atoms with van der Waals surface area (Å²) in [6.45, 7) is 6.33. The Kier molecular flexibility index (Phi) is 6.11. The smallest absolute Gasteiger partial charge is 0.407 e. The molecule has 28 heavy (non-hydrogen) atoms. The number of ether oxygens (including phenoxy) is 1. The summed E-state index contributed by atoms with van der Waals surface area (Å²) in [6, 6.07) is 6.39. The predicted molar refractivity (Wildman–Crippen MR) is 104 cm³/mol.